The normalized spacial score (nSPS) is 11.9. The minimum Gasteiger partial charge on any atom is -0.504 e. The molecule has 9 nitrogen and oxygen atoms in total. The van der Waals surface area contributed by atoms with Gasteiger partial charge in [0, 0.05) is 73.5 Å². The average Bonchev–Trinajstić information content (AvgIpc) is 3.99. The van der Waals surface area contributed by atoms with Gasteiger partial charge in [-0.25, -0.2) is 15.0 Å². The van der Waals surface area contributed by atoms with Crippen molar-refractivity contribution in [1.82, 2.24) is 19.5 Å². The van der Waals surface area contributed by atoms with Crippen LogP contribution in [0.5, 0.6) is 28.7 Å². The first-order chi connectivity index (χ1) is 30.3. The number of hydrogen-bond donors (Lipinski definition) is 5. The Morgan fingerprint density at radius 1 is 0.387 bits per heavy atom. The first kappa shape index (κ1) is 35.9. The summed E-state index contributed by atoms with van der Waals surface area (Å²) < 4.78 is 6.46. The van der Waals surface area contributed by atoms with Crippen LogP contribution in [-0.4, -0.2) is 45.1 Å². The lowest BCUT2D eigenvalue weighted by atomic mass is 10.0. The molecule has 0 aliphatic carbocycles. The molecule has 4 heterocycles. The highest BCUT2D eigenvalue weighted by Crippen LogP contribution is 2.54. The van der Waals surface area contributed by atoms with Gasteiger partial charge in [0.2, 0.25) is 17.2 Å². The highest BCUT2D eigenvalue weighted by Gasteiger charge is 2.28. The van der Waals surface area contributed by atoms with Gasteiger partial charge in [0.25, 0.3) is 0 Å². The van der Waals surface area contributed by atoms with E-state index in [0.717, 1.165) is 68.2 Å². The van der Waals surface area contributed by atoms with Crippen molar-refractivity contribution >= 4 is 84.8 Å². The van der Waals surface area contributed by atoms with Gasteiger partial charge in [0.1, 0.15) is 5.56 Å². The number of aromatic hydroxyl groups is 5. The van der Waals surface area contributed by atoms with E-state index in [-0.39, 0.29) is 17.5 Å². The molecular weight excluding hydrogens is 813 g/mol. The molecule has 0 radical (unpaired) electrons. The topological polar surface area (TPSA) is 145 Å². The molecule has 11 heteroatoms. The summed E-state index contributed by atoms with van der Waals surface area (Å²) >= 11 is 3.24. The molecule has 0 fully saturated rings. The zero-order valence-electron chi connectivity index (χ0n) is 32.3. The molecular formula is C51H30N4O5S2. The number of rotatable bonds is 5. The summed E-state index contributed by atoms with van der Waals surface area (Å²) in [6.07, 6.45) is 0. The summed E-state index contributed by atoms with van der Waals surface area (Å²) in [5.74, 6) is -4.63. The van der Waals surface area contributed by atoms with Crippen molar-refractivity contribution in [1.29, 1.82) is 0 Å². The van der Waals surface area contributed by atoms with Gasteiger partial charge in [-0.2, -0.15) is 0 Å². The number of fused-ring (bicyclic) bond motifs is 9. The number of thiophene rings is 2. The van der Waals surface area contributed by atoms with Crippen LogP contribution in [0.15, 0.2) is 152 Å². The van der Waals surface area contributed by atoms with E-state index in [0.29, 0.717) is 11.1 Å². The van der Waals surface area contributed by atoms with E-state index in [1.54, 1.807) is 22.7 Å². The second-order valence-electron chi connectivity index (χ2n) is 15.1. The number of phenols is 5. The molecule has 4 aromatic heterocycles. The molecule has 0 aliphatic rings. The molecule has 0 saturated heterocycles. The summed E-state index contributed by atoms with van der Waals surface area (Å²) in [5, 5.41) is 60.0. The van der Waals surface area contributed by atoms with Crippen molar-refractivity contribution in [2.75, 3.05) is 0 Å². The summed E-state index contributed by atoms with van der Waals surface area (Å²) in [6.45, 7) is 0. The maximum atomic E-state index is 11.1. The van der Waals surface area contributed by atoms with Crippen molar-refractivity contribution in [2.24, 2.45) is 0 Å². The maximum Gasteiger partial charge on any atom is 0.208 e. The standard InChI is InChI=1S/C51H30N4O5S2/c56-43-41(44(57)46(59)47(60)45(43)58)51-53-49(52-50(54-51)35-17-9-16-34-31-13-5-7-19-38(31)62-48(34)35)27-20-22-32-36-25-28(21-23-39(36)61-40(32)24-27)55-37-18-6-4-12-30(37)33-15-8-14-29(42(33)55)26-10-2-1-3-11-26/h1-25,56-60H. The van der Waals surface area contributed by atoms with E-state index < -0.39 is 34.3 Å². The number of para-hydroxylation sites is 2. The second-order valence-corrected chi connectivity index (χ2v) is 17.3. The molecule has 0 spiro atoms. The summed E-state index contributed by atoms with van der Waals surface area (Å²) in [7, 11) is 0. The van der Waals surface area contributed by atoms with Crippen LogP contribution in [0.2, 0.25) is 0 Å². The first-order valence-electron chi connectivity index (χ1n) is 19.7. The van der Waals surface area contributed by atoms with E-state index in [1.807, 2.05) is 48.5 Å². The van der Waals surface area contributed by atoms with Crippen LogP contribution in [0.25, 0.3) is 113 Å². The van der Waals surface area contributed by atoms with Gasteiger partial charge >= 0.3 is 0 Å². The van der Waals surface area contributed by atoms with Gasteiger partial charge in [-0.05, 0) is 48.0 Å². The second kappa shape index (κ2) is 13.5. The van der Waals surface area contributed by atoms with Crippen LogP contribution in [0.3, 0.4) is 0 Å². The zero-order valence-corrected chi connectivity index (χ0v) is 33.9. The van der Waals surface area contributed by atoms with Crippen LogP contribution >= 0.6 is 22.7 Å². The molecule has 0 amide bonds. The quantitative estimate of drug-likeness (QED) is 0.0851. The Balaban J connectivity index is 1.05. The average molecular weight is 843 g/mol. The van der Waals surface area contributed by atoms with Crippen LogP contribution < -0.4 is 0 Å². The van der Waals surface area contributed by atoms with Crippen molar-refractivity contribution in [2.45, 2.75) is 0 Å². The summed E-state index contributed by atoms with van der Waals surface area (Å²) in [6, 6.07) is 52.1. The largest absolute Gasteiger partial charge is 0.504 e. The van der Waals surface area contributed by atoms with Crippen LogP contribution in [-0.2, 0) is 0 Å². The SMILES string of the molecule is Oc1c(O)c(O)c(-c2nc(-c3ccc4c(c3)sc3ccc(-n5c6ccccc6c6cccc(-c7ccccc7)c65)cc34)nc(-c3cccc4c3sc3ccccc34)n2)c(O)c1O. The fraction of sp³-hybridized carbons (Fsp3) is 0. The number of benzene rings is 8. The molecule has 62 heavy (non-hydrogen) atoms. The number of nitrogens with zero attached hydrogens (tertiary/aromatic N) is 4. The van der Waals surface area contributed by atoms with Gasteiger partial charge in [-0.1, -0.05) is 109 Å². The lowest BCUT2D eigenvalue weighted by Crippen LogP contribution is -2.01. The lowest BCUT2D eigenvalue weighted by Gasteiger charge is -2.13. The van der Waals surface area contributed by atoms with E-state index >= 15 is 0 Å². The molecule has 0 atom stereocenters. The van der Waals surface area contributed by atoms with Crippen molar-refractivity contribution in [3.63, 3.8) is 0 Å². The van der Waals surface area contributed by atoms with Crippen molar-refractivity contribution < 1.29 is 25.5 Å². The van der Waals surface area contributed by atoms with Gasteiger partial charge in [0.15, 0.2) is 29.0 Å². The van der Waals surface area contributed by atoms with E-state index in [2.05, 4.69) is 108 Å². The van der Waals surface area contributed by atoms with Gasteiger partial charge < -0.3 is 30.1 Å². The molecule has 0 saturated carbocycles. The number of hydrogen-bond acceptors (Lipinski definition) is 10. The highest BCUT2D eigenvalue weighted by atomic mass is 32.1. The Hall–Kier alpha value is -7.99. The fourth-order valence-corrected chi connectivity index (χ4v) is 11.1. The third-order valence-electron chi connectivity index (χ3n) is 11.6. The Kier molecular flexibility index (Phi) is 7.83. The Bertz CT molecular complexity index is 3810. The van der Waals surface area contributed by atoms with Gasteiger partial charge in [-0.15, -0.1) is 22.7 Å². The third kappa shape index (κ3) is 5.29. The molecule has 296 valence electrons. The van der Waals surface area contributed by atoms with Gasteiger partial charge in [0.05, 0.1) is 11.0 Å². The Morgan fingerprint density at radius 3 is 1.84 bits per heavy atom. The smallest absolute Gasteiger partial charge is 0.208 e. The number of aromatic nitrogens is 4. The monoisotopic (exact) mass is 842 g/mol. The third-order valence-corrected chi connectivity index (χ3v) is 14.0. The van der Waals surface area contributed by atoms with Crippen molar-refractivity contribution in [3.05, 3.63) is 152 Å². The number of phenolic OH excluding ortho intramolecular Hbond substituents is 5. The fourth-order valence-electron chi connectivity index (χ4n) is 8.74. The van der Waals surface area contributed by atoms with Gasteiger partial charge in [-0.3, -0.25) is 0 Å². The molecule has 0 aliphatic heterocycles. The van der Waals surface area contributed by atoms with Crippen LogP contribution in [0, 0.1) is 0 Å². The Labute approximate surface area is 359 Å². The predicted octanol–water partition coefficient (Wildman–Crippen LogP) is 12.9. The maximum absolute atomic E-state index is 11.1. The van der Waals surface area contributed by atoms with E-state index in [1.165, 1.54) is 10.8 Å². The molecule has 0 bridgehead atoms. The highest BCUT2D eigenvalue weighted by molar-refractivity contribution is 7.26. The minimum atomic E-state index is -1.07. The van der Waals surface area contributed by atoms with E-state index in [4.69, 9.17) is 15.0 Å². The molecule has 5 N–H and O–H groups in total. The molecule has 8 aromatic carbocycles. The van der Waals surface area contributed by atoms with E-state index in [9.17, 15) is 25.5 Å². The lowest BCUT2D eigenvalue weighted by molar-refractivity contribution is 0.329. The van der Waals surface area contributed by atoms with Crippen LogP contribution in [0.4, 0.5) is 0 Å². The molecule has 12 rings (SSSR count). The summed E-state index contributed by atoms with van der Waals surface area (Å²) in [5.41, 5.74) is 6.47. The predicted molar refractivity (Wildman–Crippen MR) is 250 cm³/mol. The minimum absolute atomic E-state index is 0.217. The first-order valence-corrected chi connectivity index (χ1v) is 21.4. The van der Waals surface area contributed by atoms with Crippen LogP contribution in [0.1, 0.15) is 0 Å². The molecule has 0 unspecified atom stereocenters. The van der Waals surface area contributed by atoms with Crippen molar-refractivity contribution in [3.8, 4) is 79.7 Å². The molecule has 12 aromatic rings. The zero-order chi connectivity index (χ0) is 41.8. The Morgan fingerprint density at radius 2 is 1.02 bits per heavy atom. The summed E-state index contributed by atoms with van der Waals surface area (Å²) in [4.78, 5) is 14.4.